The molecule has 2 heterocycles. The van der Waals surface area contributed by atoms with Gasteiger partial charge in [0.2, 0.25) is 5.91 Å². The van der Waals surface area contributed by atoms with Crippen LogP contribution in [0.15, 0.2) is 30.3 Å². The van der Waals surface area contributed by atoms with Crippen molar-refractivity contribution in [2.45, 2.75) is 45.0 Å². The van der Waals surface area contributed by atoms with Crippen molar-refractivity contribution in [1.29, 1.82) is 0 Å². The molecule has 0 saturated carbocycles. The van der Waals surface area contributed by atoms with Crippen molar-refractivity contribution >= 4 is 64.8 Å². The van der Waals surface area contributed by atoms with E-state index in [2.05, 4.69) is 15.5 Å². The van der Waals surface area contributed by atoms with Gasteiger partial charge in [-0.15, -0.1) is 11.3 Å². The number of nitrogens with zero attached hydrogens (tertiary/aromatic N) is 1. The Morgan fingerprint density at radius 1 is 1.20 bits per heavy atom. The molecule has 8 nitrogen and oxygen atoms in total. The fraction of sp³-hybridized carbons (Fsp3) is 0.458. The summed E-state index contributed by atoms with van der Waals surface area (Å²) >= 11 is 7.04. The lowest BCUT2D eigenvalue weighted by molar-refractivity contribution is -0.144. The smallest absolute Gasteiger partial charge is 0.306 e. The lowest BCUT2D eigenvalue weighted by atomic mass is 9.65. The second kappa shape index (κ2) is 13.5. The second-order valence-corrected chi connectivity index (χ2v) is 9.95. The number of nitrogens with one attached hydrogen (secondary N) is 2. The number of rotatable bonds is 12. The van der Waals surface area contributed by atoms with Gasteiger partial charge in [-0.2, -0.15) is 0 Å². The molecule has 0 aliphatic carbocycles. The van der Waals surface area contributed by atoms with Crippen LogP contribution in [0.4, 0.5) is 11.4 Å². The normalized spacial score (nSPS) is 13.9. The van der Waals surface area contributed by atoms with Crippen molar-refractivity contribution < 1.29 is 24.2 Å². The van der Waals surface area contributed by atoms with Gasteiger partial charge in [0.1, 0.15) is 0 Å². The summed E-state index contributed by atoms with van der Waals surface area (Å²) in [5, 5.41) is 16.0. The topological polar surface area (TPSA) is 108 Å². The molecular formula is C24H30BClN3O5S. The summed E-state index contributed by atoms with van der Waals surface area (Å²) in [6, 6.07) is 9.08. The number of hydrogen-bond acceptors (Lipinski definition) is 7. The zero-order chi connectivity index (χ0) is 25.2. The zero-order valence-corrected chi connectivity index (χ0v) is 21.3. The average molecular weight is 519 g/mol. The van der Waals surface area contributed by atoms with E-state index in [9.17, 15) is 19.5 Å². The molecule has 187 valence electrons. The largest absolute Gasteiger partial charge is 0.466 e. The second-order valence-electron chi connectivity index (χ2n) is 8.23. The van der Waals surface area contributed by atoms with E-state index in [1.165, 1.54) is 11.3 Å². The maximum atomic E-state index is 12.5. The van der Waals surface area contributed by atoms with Gasteiger partial charge < -0.3 is 25.4 Å². The predicted molar refractivity (Wildman–Crippen MR) is 140 cm³/mol. The van der Waals surface area contributed by atoms with Crippen LogP contribution in [-0.2, 0) is 14.3 Å². The van der Waals surface area contributed by atoms with E-state index in [0.717, 1.165) is 37.1 Å². The maximum absolute atomic E-state index is 12.5. The van der Waals surface area contributed by atoms with Gasteiger partial charge in [0, 0.05) is 26.1 Å². The van der Waals surface area contributed by atoms with Crippen molar-refractivity contribution in [3.8, 4) is 0 Å². The number of aliphatic hydroxyl groups excluding tert-OH is 1. The molecule has 1 aromatic carbocycles. The minimum absolute atomic E-state index is 0.0279. The Kier molecular flexibility index (Phi) is 10.4. The van der Waals surface area contributed by atoms with Crippen LogP contribution in [0.1, 0.15) is 42.3 Å². The van der Waals surface area contributed by atoms with Gasteiger partial charge in [0.15, 0.2) is 7.28 Å². The number of amides is 2. The fourth-order valence-electron chi connectivity index (χ4n) is 3.77. The first-order valence-corrected chi connectivity index (χ1v) is 12.9. The Bertz CT molecular complexity index is 1030. The average Bonchev–Trinajstić information content (AvgIpc) is 3.52. The summed E-state index contributed by atoms with van der Waals surface area (Å²) in [5.74, 6) is -0.927. The van der Waals surface area contributed by atoms with E-state index in [0.29, 0.717) is 21.2 Å². The zero-order valence-electron chi connectivity index (χ0n) is 19.7. The summed E-state index contributed by atoms with van der Waals surface area (Å²) in [6.45, 7) is 3.96. The van der Waals surface area contributed by atoms with Crippen LogP contribution in [-0.4, -0.2) is 62.5 Å². The molecule has 0 spiro atoms. The van der Waals surface area contributed by atoms with Crippen LogP contribution in [0.3, 0.4) is 0 Å². The van der Waals surface area contributed by atoms with Gasteiger partial charge in [-0.3, -0.25) is 14.4 Å². The van der Waals surface area contributed by atoms with Gasteiger partial charge in [-0.05, 0) is 50.4 Å². The van der Waals surface area contributed by atoms with Crippen molar-refractivity contribution in [2.75, 3.05) is 36.5 Å². The molecule has 1 aliphatic rings. The molecule has 35 heavy (non-hydrogen) atoms. The third-order valence-electron chi connectivity index (χ3n) is 5.52. The monoisotopic (exact) mass is 518 g/mol. The van der Waals surface area contributed by atoms with E-state index >= 15 is 0 Å². The molecular weight excluding hydrogens is 489 g/mol. The fourth-order valence-corrected chi connectivity index (χ4v) is 4.72. The van der Waals surface area contributed by atoms with E-state index in [1.807, 2.05) is 25.5 Å². The minimum Gasteiger partial charge on any atom is -0.466 e. The third-order valence-corrected chi connectivity index (χ3v) is 6.75. The van der Waals surface area contributed by atoms with Crippen LogP contribution in [0, 0.1) is 0 Å². The third kappa shape index (κ3) is 8.56. The Morgan fingerprint density at radius 3 is 2.66 bits per heavy atom. The SMILES string of the molecule is CCOC(=O)CCC(=O)Nc1cc([B]CC(O)CNC(=O)c2ccc(Cl)s2)ccc1N1CCCC1. The molecule has 1 atom stereocenters. The number of carbonyl (C=O) groups is 3. The van der Waals surface area contributed by atoms with Gasteiger partial charge in [-0.1, -0.05) is 23.1 Å². The van der Waals surface area contributed by atoms with E-state index in [-0.39, 0.29) is 37.8 Å². The summed E-state index contributed by atoms with van der Waals surface area (Å²) in [5.41, 5.74) is 2.45. The van der Waals surface area contributed by atoms with Crippen LogP contribution >= 0.6 is 22.9 Å². The molecule has 2 amide bonds. The standard InChI is InChI=1S/C24H30BClN3O5S/c1-2-34-23(32)10-9-22(31)28-18-13-16(5-6-19(18)29-11-3-4-12-29)25-14-17(30)15-27-24(33)20-7-8-21(26)35-20/h5-8,13,17,30H,2-4,9-12,14-15H2,1H3,(H,27,33)(H,28,31). The van der Waals surface area contributed by atoms with Crippen molar-refractivity contribution in [3.05, 3.63) is 39.5 Å². The highest BCUT2D eigenvalue weighted by Crippen LogP contribution is 2.28. The Morgan fingerprint density at radius 2 is 1.97 bits per heavy atom. The van der Waals surface area contributed by atoms with E-state index < -0.39 is 12.1 Å². The quantitative estimate of drug-likeness (QED) is 0.295. The number of hydrogen-bond donors (Lipinski definition) is 3. The Hall–Kier alpha value is -2.56. The van der Waals surface area contributed by atoms with Crippen molar-refractivity contribution in [3.63, 3.8) is 0 Å². The number of aliphatic hydroxyl groups is 1. The first-order valence-electron chi connectivity index (χ1n) is 11.7. The highest BCUT2D eigenvalue weighted by molar-refractivity contribution is 7.18. The molecule has 1 fully saturated rings. The lowest BCUT2D eigenvalue weighted by Crippen LogP contribution is -2.33. The number of thiophene rings is 1. The van der Waals surface area contributed by atoms with Gasteiger partial charge in [-0.25, -0.2) is 0 Å². The van der Waals surface area contributed by atoms with Crippen molar-refractivity contribution in [1.82, 2.24) is 5.32 Å². The minimum atomic E-state index is -0.768. The summed E-state index contributed by atoms with van der Waals surface area (Å²) in [4.78, 5) is 38.9. The first kappa shape index (κ1) is 27.0. The number of benzene rings is 1. The molecule has 1 aromatic heterocycles. The summed E-state index contributed by atoms with van der Waals surface area (Å²) in [7, 11) is 1.86. The molecule has 1 radical (unpaired) electrons. The number of esters is 1. The lowest BCUT2D eigenvalue weighted by Gasteiger charge is -2.22. The summed E-state index contributed by atoms with van der Waals surface area (Å²) < 4.78 is 5.43. The van der Waals surface area contributed by atoms with Gasteiger partial charge >= 0.3 is 5.97 Å². The highest BCUT2D eigenvalue weighted by Gasteiger charge is 2.19. The number of ether oxygens (including phenoxy) is 1. The molecule has 11 heteroatoms. The Balaban J connectivity index is 1.57. The molecule has 3 rings (SSSR count). The van der Waals surface area contributed by atoms with E-state index in [1.54, 1.807) is 19.1 Å². The highest BCUT2D eigenvalue weighted by atomic mass is 35.5. The maximum Gasteiger partial charge on any atom is 0.306 e. The van der Waals surface area contributed by atoms with Gasteiger partial charge in [0.05, 0.1) is 39.7 Å². The van der Waals surface area contributed by atoms with Crippen LogP contribution in [0.2, 0.25) is 10.7 Å². The molecule has 1 unspecified atom stereocenters. The molecule has 1 saturated heterocycles. The molecule has 3 N–H and O–H groups in total. The van der Waals surface area contributed by atoms with Gasteiger partial charge in [0.25, 0.3) is 5.91 Å². The van der Waals surface area contributed by atoms with Crippen LogP contribution in [0.25, 0.3) is 0 Å². The predicted octanol–water partition coefficient (Wildman–Crippen LogP) is 2.82. The summed E-state index contributed by atoms with van der Waals surface area (Å²) in [6.07, 6.45) is 1.82. The number of carbonyl (C=O) groups excluding carboxylic acids is 3. The molecule has 1 aliphatic heterocycles. The van der Waals surface area contributed by atoms with Crippen LogP contribution < -0.4 is 21.0 Å². The Labute approximate surface area is 215 Å². The molecule has 0 bridgehead atoms. The van der Waals surface area contributed by atoms with E-state index in [4.69, 9.17) is 16.3 Å². The number of halogens is 1. The van der Waals surface area contributed by atoms with Crippen molar-refractivity contribution in [2.24, 2.45) is 0 Å². The first-order chi connectivity index (χ1) is 16.9. The number of anilines is 2. The van der Waals surface area contributed by atoms with Crippen LogP contribution in [0.5, 0.6) is 0 Å². The molecule has 2 aromatic rings.